The van der Waals surface area contributed by atoms with Crippen LogP contribution in [0.4, 0.5) is 11.4 Å². The van der Waals surface area contributed by atoms with Crippen LogP contribution in [0.1, 0.15) is 13.3 Å². The lowest BCUT2D eigenvalue weighted by molar-refractivity contribution is -0.384. The average molecular weight is 286 g/mol. The van der Waals surface area contributed by atoms with Crippen LogP contribution in [0.15, 0.2) is 24.3 Å². The molecule has 0 aliphatic rings. The number of benzene rings is 1. The van der Waals surface area contributed by atoms with Crippen molar-refractivity contribution < 1.29 is 14.5 Å². The largest absolute Gasteiger partial charge is 0.274 e. The third-order valence-electron chi connectivity index (χ3n) is 2.15. The minimum atomic E-state index is -0.549. The van der Waals surface area contributed by atoms with E-state index >= 15 is 0 Å². The van der Waals surface area contributed by atoms with Gasteiger partial charge in [-0.15, -0.1) is 11.6 Å². The Morgan fingerprint density at radius 2 is 1.95 bits per heavy atom. The van der Waals surface area contributed by atoms with Crippen molar-refractivity contribution in [2.45, 2.75) is 13.3 Å². The molecule has 1 aromatic rings. The quantitative estimate of drug-likeness (QED) is 0.517. The summed E-state index contributed by atoms with van der Waals surface area (Å²) in [4.78, 5) is 32.8. The second kappa shape index (κ2) is 6.69. The smallest absolute Gasteiger partial charge is 0.269 e. The molecule has 8 heteroatoms. The zero-order valence-corrected chi connectivity index (χ0v) is 10.9. The topological polar surface area (TPSA) is 92.6 Å². The summed E-state index contributed by atoms with van der Waals surface area (Å²) >= 11 is 5.48. The van der Waals surface area contributed by atoms with Crippen LogP contribution in [-0.2, 0) is 9.59 Å². The van der Waals surface area contributed by atoms with Gasteiger partial charge < -0.3 is 0 Å². The number of nitrogens with one attached hydrogen (secondary N) is 1. The van der Waals surface area contributed by atoms with Crippen molar-refractivity contribution in [3.05, 3.63) is 34.4 Å². The molecule has 0 saturated carbocycles. The third kappa shape index (κ3) is 4.22. The van der Waals surface area contributed by atoms with Crippen molar-refractivity contribution in [2.24, 2.45) is 0 Å². The number of nitrogens with zero attached hydrogens (tertiary/aromatic N) is 2. The molecule has 0 atom stereocenters. The Morgan fingerprint density at radius 3 is 2.37 bits per heavy atom. The monoisotopic (exact) mass is 285 g/mol. The normalized spacial score (nSPS) is 9.79. The molecule has 0 fully saturated rings. The summed E-state index contributed by atoms with van der Waals surface area (Å²) in [6, 6.07) is 5.25. The molecule has 0 radical (unpaired) electrons. The molecule has 1 aromatic carbocycles. The predicted molar refractivity (Wildman–Crippen MR) is 69.7 cm³/mol. The van der Waals surface area contributed by atoms with Crippen molar-refractivity contribution in [3.8, 4) is 0 Å². The zero-order chi connectivity index (χ0) is 14.4. The fourth-order valence-electron chi connectivity index (χ4n) is 1.34. The van der Waals surface area contributed by atoms with E-state index in [0.717, 1.165) is 5.01 Å². The summed E-state index contributed by atoms with van der Waals surface area (Å²) < 4.78 is 0. The van der Waals surface area contributed by atoms with Crippen molar-refractivity contribution >= 4 is 34.8 Å². The van der Waals surface area contributed by atoms with Crippen LogP contribution >= 0.6 is 11.6 Å². The van der Waals surface area contributed by atoms with Gasteiger partial charge in [0.15, 0.2) is 0 Å². The Balaban J connectivity index is 2.99. The number of non-ortho nitro benzene ring substituents is 1. The number of hydrogen-bond acceptors (Lipinski definition) is 4. The minimum absolute atomic E-state index is 0.0405. The van der Waals surface area contributed by atoms with Gasteiger partial charge in [0.05, 0.1) is 10.6 Å². The Kier molecular flexibility index (Phi) is 5.25. The fraction of sp³-hybridized carbons (Fsp3) is 0.273. The summed E-state index contributed by atoms with van der Waals surface area (Å²) in [7, 11) is 0. The Hall–Kier alpha value is -2.15. The van der Waals surface area contributed by atoms with Crippen LogP contribution < -0.4 is 10.4 Å². The summed E-state index contributed by atoms with van der Waals surface area (Å²) in [6.45, 7) is 1.26. The van der Waals surface area contributed by atoms with Gasteiger partial charge in [0.1, 0.15) is 0 Å². The SMILES string of the molecule is CC(=O)NN(C(=O)CCCl)c1ccc([N+](=O)[O-])cc1. The maximum atomic E-state index is 11.8. The molecule has 0 aliphatic carbocycles. The molecule has 0 aromatic heterocycles. The van der Waals surface area contributed by atoms with E-state index in [-0.39, 0.29) is 18.0 Å². The lowest BCUT2D eigenvalue weighted by atomic mass is 10.2. The van der Waals surface area contributed by atoms with Gasteiger partial charge in [0.2, 0.25) is 11.8 Å². The van der Waals surface area contributed by atoms with E-state index in [0.29, 0.717) is 5.69 Å². The van der Waals surface area contributed by atoms with Gasteiger partial charge in [-0.1, -0.05) is 0 Å². The van der Waals surface area contributed by atoms with Crippen LogP contribution in [0.2, 0.25) is 0 Å². The first kappa shape index (κ1) is 14.9. The number of nitro groups is 1. The number of rotatable bonds is 4. The van der Waals surface area contributed by atoms with E-state index in [4.69, 9.17) is 11.6 Å². The van der Waals surface area contributed by atoms with Crippen LogP contribution in [-0.4, -0.2) is 22.6 Å². The lowest BCUT2D eigenvalue weighted by Gasteiger charge is -2.22. The maximum Gasteiger partial charge on any atom is 0.269 e. The van der Waals surface area contributed by atoms with E-state index in [1.807, 2.05) is 0 Å². The molecular formula is C11H12ClN3O4. The van der Waals surface area contributed by atoms with E-state index in [2.05, 4.69) is 5.43 Å². The van der Waals surface area contributed by atoms with Crippen molar-refractivity contribution in [3.63, 3.8) is 0 Å². The maximum absolute atomic E-state index is 11.8. The molecule has 0 unspecified atom stereocenters. The number of nitro benzene ring substituents is 1. The molecule has 19 heavy (non-hydrogen) atoms. The highest BCUT2D eigenvalue weighted by Gasteiger charge is 2.17. The standard InChI is InChI=1S/C11H12ClN3O4/c1-8(16)13-14(11(17)6-7-12)9-2-4-10(5-3-9)15(18)19/h2-5H,6-7H2,1H3,(H,13,16). The van der Waals surface area contributed by atoms with Gasteiger partial charge in [-0.2, -0.15) is 0 Å². The van der Waals surface area contributed by atoms with Crippen LogP contribution in [0.5, 0.6) is 0 Å². The second-order valence-electron chi connectivity index (χ2n) is 3.61. The minimum Gasteiger partial charge on any atom is -0.274 e. The molecule has 102 valence electrons. The first-order chi connectivity index (χ1) is 8.95. The Bertz CT molecular complexity index is 489. The highest BCUT2D eigenvalue weighted by atomic mass is 35.5. The summed E-state index contributed by atoms with van der Waals surface area (Å²) in [6.07, 6.45) is 0.0405. The van der Waals surface area contributed by atoms with Crippen LogP contribution in [0.25, 0.3) is 0 Å². The van der Waals surface area contributed by atoms with Crippen molar-refractivity contribution in [1.29, 1.82) is 0 Å². The fourth-order valence-corrected chi connectivity index (χ4v) is 1.51. The molecular weight excluding hydrogens is 274 g/mol. The zero-order valence-electron chi connectivity index (χ0n) is 10.1. The number of hydrazine groups is 1. The molecule has 7 nitrogen and oxygen atoms in total. The van der Waals surface area contributed by atoms with E-state index in [1.54, 1.807) is 0 Å². The van der Waals surface area contributed by atoms with Gasteiger partial charge in [-0.3, -0.25) is 25.1 Å². The Labute approximate surface area is 114 Å². The van der Waals surface area contributed by atoms with Gasteiger partial charge in [-0.25, -0.2) is 5.01 Å². The summed E-state index contributed by atoms with van der Waals surface area (Å²) in [5, 5.41) is 11.6. The lowest BCUT2D eigenvalue weighted by Crippen LogP contribution is -2.45. The average Bonchev–Trinajstić information content (AvgIpc) is 2.36. The molecule has 0 saturated heterocycles. The van der Waals surface area contributed by atoms with Crippen molar-refractivity contribution in [1.82, 2.24) is 5.43 Å². The number of alkyl halides is 1. The van der Waals surface area contributed by atoms with Gasteiger partial charge in [0.25, 0.3) is 5.69 Å². The molecule has 1 N–H and O–H groups in total. The molecule has 1 rings (SSSR count). The summed E-state index contributed by atoms with van der Waals surface area (Å²) in [5.74, 6) is -0.720. The highest BCUT2D eigenvalue weighted by Crippen LogP contribution is 2.19. The van der Waals surface area contributed by atoms with Gasteiger partial charge >= 0.3 is 0 Å². The molecule has 0 aliphatic heterocycles. The Morgan fingerprint density at radius 1 is 1.37 bits per heavy atom. The number of halogens is 1. The third-order valence-corrected chi connectivity index (χ3v) is 2.33. The number of hydrogen-bond donors (Lipinski definition) is 1. The molecule has 2 amide bonds. The van der Waals surface area contributed by atoms with Gasteiger partial charge in [-0.05, 0) is 12.1 Å². The molecule has 0 spiro atoms. The number of amides is 2. The first-order valence-corrected chi connectivity index (χ1v) is 5.89. The first-order valence-electron chi connectivity index (χ1n) is 5.36. The number of carbonyl (C=O) groups is 2. The number of anilines is 1. The van der Waals surface area contributed by atoms with Gasteiger partial charge in [0, 0.05) is 31.4 Å². The second-order valence-corrected chi connectivity index (χ2v) is 3.99. The molecule has 0 bridgehead atoms. The van der Waals surface area contributed by atoms with E-state index in [1.165, 1.54) is 31.2 Å². The number of carbonyl (C=O) groups excluding carboxylic acids is 2. The highest BCUT2D eigenvalue weighted by molar-refractivity contribution is 6.19. The van der Waals surface area contributed by atoms with E-state index in [9.17, 15) is 19.7 Å². The predicted octanol–water partition coefficient (Wildman–Crippen LogP) is 1.61. The van der Waals surface area contributed by atoms with Crippen molar-refractivity contribution in [2.75, 3.05) is 10.9 Å². The molecule has 0 heterocycles. The summed E-state index contributed by atoms with van der Waals surface area (Å²) in [5.41, 5.74) is 2.57. The van der Waals surface area contributed by atoms with Crippen LogP contribution in [0.3, 0.4) is 0 Å². The van der Waals surface area contributed by atoms with Crippen LogP contribution in [0, 0.1) is 10.1 Å². The van der Waals surface area contributed by atoms with E-state index < -0.39 is 16.7 Å².